The lowest BCUT2D eigenvalue weighted by Crippen LogP contribution is -2.46. The number of ketones is 1. The van der Waals surface area contributed by atoms with Crippen LogP contribution in [0.2, 0.25) is 0 Å². The molecular weight excluding hydrogens is 255 g/mol. The smallest absolute Gasteiger partial charge is 0.194 e. The Morgan fingerprint density at radius 2 is 1.70 bits per heavy atom. The van der Waals surface area contributed by atoms with Crippen LogP contribution in [0, 0.1) is 11.2 Å². The molecule has 0 amide bonds. The fourth-order valence-corrected chi connectivity index (χ4v) is 2.91. The first kappa shape index (κ1) is 15.2. The van der Waals surface area contributed by atoms with Gasteiger partial charge >= 0.3 is 0 Å². The molecule has 0 atom stereocenters. The second-order valence-corrected chi connectivity index (χ2v) is 6.43. The Kier molecular flexibility index (Phi) is 4.28. The van der Waals surface area contributed by atoms with Crippen molar-refractivity contribution in [3.05, 3.63) is 35.6 Å². The van der Waals surface area contributed by atoms with Crippen LogP contribution >= 0.6 is 0 Å². The van der Waals surface area contributed by atoms with Crippen molar-refractivity contribution in [2.75, 3.05) is 6.61 Å². The van der Waals surface area contributed by atoms with Gasteiger partial charge in [-0.15, -0.1) is 0 Å². The molecule has 0 aromatic heterocycles. The maximum Gasteiger partial charge on any atom is 0.194 e. The number of hydrogen-bond acceptors (Lipinski definition) is 2. The minimum absolute atomic E-state index is 0.00477. The molecule has 0 unspecified atom stereocenters. The highest BCUT2D eigenvalue weighted by Crippen LogP contribution is 2.43. The topological polar surface area (TPSA) is 26.3 Å². The molecule has 1 aromatic rings. The zero-order chi connectivity index (χ0) is 14.8. The van der Waals surface area contributed by atoms with E-state index in [-0.39, 0.29) is 17.0 Å². The van der Waals surface area contributed by atoms with Crippen LogP contribution in [0.4, 0.5) is 4.39 Å². The van der Waals surface area contributed by atoms with Crippen LogP contribution in [0.3, 0.4) is 0 Å². The Morgan fingerprint density at radius 3 is 2.20 bits per heavy atom. The van der Waals surface area contributed by atoms with Crippen molar-refractivity contribution in [3.63, 3.8) is 0 Å². The summed E-state index contributed by atoms with van der Waals surface area (Å²) in [5.74, 6) is -0.327. The van der Waals surface area contributed by atoms with Gasteiger partial charge in [-0.1, -0.05) is 13.8 Å². The molecule has 3 heteroatoms. The largest absolute Gasteiger partial charge is 0.367 e. The maximum absolute atomic E-state index is 13.0. The average Bonchev–Trinajstić information content (AvgIpc) is 2.42. The fourth-order valence-electron chi connectivity index (χ4n) is 2.91. The van der Waals surface area contributed by atoms with Gasteiger partial charge in [-0.05, 0) is 62.3 Å². The highest BCUT2D eigenvalue weighted by molar-refractivity contribution is 6.02. The van der Waals surface area contributed by atoms with Crippen molar-refractivity contribution < 1.29 is 13.9 Å². The summed E-state index contributed by atoms with van der Waals surface area (Å²) in [6, 6.07) is 5.77. The number of hydrogen-bond donors (Lipinski definition) is 0. The molecule has 1 fully saturated rings. The number of Topliss-reactive ketones (excluding diaryl/α,β-unsaturated/α-hetero) is 1. The zero-order valence-electron chi connectivity index (χ0n) is 12.5. The van der Waals surface area contributed by atoms with Crippen LogP contribution in [0.15, 0.2) is 24.3 Å². The van der Waals surface area contributed by atoms with Crippen LogP contribution in [-0.2, 0) is 4.74 Å². The Morgan fingerprint density at radius 1 is 1.15 bits per heavy atom. The molecule has 0 bridgehead atoms. The second kappa shape index (κ2) is 5.65. The van der Waals surface area contributed by atoms with Gasteiger partial charge in [0.1, 0.15) is 11.4 Å². The van der Waals surface area contributed by atoms with Gasteiger partial charge < -0.3 is 4.74 Å². The summed E-state index contributed by atoms with van der Waals surface area (Å²) in [6.45, 7) is 6.89. The van der Waals surface area contributed by atoms with E-state index in [1.807, 2.05) is 6.92 Å². The van der Waals surface area contributed by atoms with E-state index >= 15 is 0 Å². The Bertz CT molecular complexity index is 466. The van der Waals surface area contributed by atoms with E-state index in [0.29, 0.717) is 12.2 Å². The molecule has 0 saturated heterocycles. The first-order valence-electron chi connectivity index (χ1n) is 7.33. The molecule has 1 aliphatic carbocycles. The van der Waals surface area contributed by atoms with Gasteiger partial charge in [0.05, 0.1) is 0 Å². The van der Waals surface area contributed by atoms with E-state index in [1.54, 1.807) is 12.1 Å². The molecule has 2 nitrogen and oxygen atoms in total. The third-order valence-electron chi connectivity index (χ3n) is 4.35. The molecule has 1 saturated carbocycles. The summed E-state index contributed by atoms with van der Waals surface area (Å²) in [5, 5.41) is 0. The van der Waals surface area contributed by atoms with Crippen LogP contribution < -0.4 is 0 Å². The molecule has 0 aliphatic heterocycles. The van der Waals surface area contributed by atoms with Crippen molar-refractivity contribution in [1.29, 1.82) is 0 Å². The lowest BCUT2D eigenvalue weighted by molar-refractivity contribution is -0.0580. The summed E-state index contributed by atoms with van der Waals surface area (Å²) in [4.78, 5) is 12.8. The van der Waals surface area contributed by atoms with Gasteiger partial charge in [0.2, 0.25) is 0 Å². The number of benzene rings is 1. The van der Waals surface area contributed by atoms with E-state index in [1.165, 1.54) is 12.1 Å². The predicted molar refractivity (Wildman–Crippen MR) is 77.3 cm³/mol. The highest BCUT2D eigenvalue weighted by atomic mass is 19.1. The van der Waals surface area contributed by atoms with Gasteiger partial charge in [0, 0.05) is 12.2 Å². The van der Waals surface area contributed by atoms with Crippen LogP contribution in [-0.4, -0.2) is 18.0 Å². The number of carbonyl (C=O) groups is 1. The van der Waals surface area contributed by atoms with Crippen LogP contribution in [0.25, 0.3) is 0 Å². The molecule has 1 aliphatic rings. The van der Waals surface area contributed by atoms with Gasteiger partial charge in [-0.2, -0.15) is 0 Å². The minimum atomic E-state index is -0.720. The van der Waals surface area contributed by atoms with E-state index in [4.69, 9.17) is 4.74 Å². The fraction of sp³-hybridized carbons (Fsp3) is 0.588. The lowest BCUT2D eigenvalue weighted by atomic mass is 9.68. The van der Waals surface area contributed by atoms with E-state index in [9.17, 15) is 9.18 Å². The first-order chi connectivity index (χ1) is 9.38. The van der Waals surface area contributed by atoms with Crippen molar-refractivity contribution in [2.24, 2.45) is 5.41 Å². The summed E-state index contributed by atoms with van der Waals surface area (Å²) < 4.78 is 18.9. The quantitative estimate of drug-likeness (QED) is 0.764. The van der Waals surface area contributed by atoms with Crippen molar-refractivity contribution in [1.82, 2.24) is 0 Å². The molecule has 0 spiro atoms. The third kappa shape index (κ3) is 3.09. The standard InChI is InChI=1S/C17H23FO2/c1-4-20-17(11-9-16(2,3)10-12-17)15(19)13-5-7-14(18)8-6-13/h5-8H,4,9-12H2,1-3H3. The number of carbonyl (C=O) groups excluding carboxylic acids is 1. The Balaban J connectivity index is 2.24. The van der Waals surface area contributed by atoms with Gasteiger partial charge in [0.25, 0.3) is 0 Å². The summed E-state index contributed by atoms with van der Waals surface area (Å²) in [5.41, 5.74) is 0.0887. The lowest BCUT2D eigenvalue weighted by Gasteiger charge is -2.42. The second-order valence-electron chi connectivity index (χ2n) is 6.43. The van der Waals surface area contributed by atoms with E-state index in [0.717, 1.165) is 25.7 Å². The van der Waals surface area contributed by atoms with Gasteiger partial charge in [-0.3, -0.25) is 4.79 Å². The SMILES string of the molecule is CCOC1(C(=O)c2ccc(F)cc2)CCC(C)(C)CC1. The third-order valence-corrected chi connectivity index (χ3v) is 4.35. The monoisotopic (exact) mass is 278 g/mol. The van der Waals surface area contributed by atoms with E-state index < -0.39 is 5.60 Å². The molecule has 0 heterocycles. The average molecular weight is 278 g/mol. The normalized spacial score (nSPS) is 20.6. The van der Waals surface area contributed by atoms with Crippen molar-refractivity contribution in [3.8, 4) is 0 Å². The molecule has 20 heavy (non-hydrogen) atoms. The van der Waals surface area contributed by atoms with Gasteiger partial charge in [0.15, 0.2) is 5.78 Å². The number of halogens is 1. The molecule has 2 rings (SSSR count). The van der Waals surface area contributed by atoms with Crippen LogP contribution in [0.5, 0.6) is 0 Å². The molecule has 1 aromatic carbocycles. The summed E-state index contributed by atoms with van der Waals surface area (Å²) in [6.07, 6.45) is 3.42. The molecule has 0 radical (unpaired) electrons. The van der Waals surface area contributed by atoms with Crippen molar-refractivity contribution >= 4 is 5.78 Å². The number of rotatable bonds is 4. The Labute approximate surface area is 120 Å². The summed E-state index contributed by atoms with van der Waals surface area (Å²) in [7, 11) is 0. The Hall–Kier alpha value is -1.22. The molecule has 0 N–H and O–H groups in total. The zero-order valence-corrected chi connectivity index (χ0v) is 12.5. The number of ether oxygens (including phenoxy) is 1. The van der Waals surface area contributed by atoms with Crippen molar-refractivity contribution in [2.45, 2.75) is 52.1 Å². The maximum atomic E-state index is 13.0. The highest BCUT2D eigenvalue weighted by Gasteiger charge is 2.44. The minimum Gasteiger partial charge on any atom is -0.367 e. The van der Waals surface area contributed by atoms with E-state index in [2.05, 4.69) is 13.8 Å². The molecular formula is C17H23FO2. The predicted octanol–water partition coefficient (Wildman–Crippen LogP) is 4.38. The molecule has 110 valence electrons. The van der Waals surface area contributed by atoms with Gasteiger partial charge in [-0.25, -0.2) is 4.39 Å². The first-order valence-corrected chi connectivity index (χ1v) is 7.33. The van der Waals surface area contributed by atoms with Crippen LogP contribution in [0.1, 0.15) is 56.8 Å². The summed E-state index contributed by atoms with van der Waals surface area (Å²) >= 11 is 0.